The summed E-state index contributed by atoms with van der Waals surface area (Å²) in [5.41, 5.74) is 2.96. The lowest BCUT2D eigenvalue weighted by atomic mass is 9.97. The van der Waals surface area contributed by atoms with Gasteiger partial charge in [-0.15, -0.1) is 0 Å². The molecule has 1 amide bonds. The lowest BCUT2D eigenvalue weighted by Crippen LogP contribution is -2.61. The first-order chi connectivity index (χ1) is 17.2. The standard InChI is InChI=1S/C28H20N4O2S/c1-35-28-29-25(33)24-22-15-7-8-17-23(22)31(27(34)19-11-3-2-4-12-19)26(32(24)30-28)21-16-9-13-18-10-5-6-14-20(18)21/h2-17,26H,1H3/p+1. The maximum Gasteiger partial charge on any atom is 0.325 e. The van der Waals surface area contributed by atoms with Gasteiger partial charge in [0.1, 0.15) is 0 Å². The third kappa shape index (κ3) is 3.43. The molecule has 0 bridgehead atoms. The number of carbonyl (C=O) groups excluding carboxylic acids is 1. The Bertz CT molecular complexity index is 1640. The molecule has 1 aromatic heterocycles. The Labute approximate surface area is 205 Å². The van der Waals surface area contributed by atoms with E-state index < -0.39 is 6.17 Å². The summed E-state index contributed by atoms with van der Waals surface area (Å²) in [6.07, 6.45) is 1.20. The minimum absolute atomic E-state index is 0.165. The SMILES string of the molecule is CSc1n[n+]2c(c(=O)[nH]1)-c1ccccc1N(C(=O)c1ccccc1)C2c1cccc2ccccc12. The second-order valence-electron chi connectivity index (χ2n) is 8.26. The highest BCUT2D eigenvalue weighted by Crippen LogP contribution is 2.39. The van der Waals surface area contributed by atoms with Crippen LogP contribution < -0.4 is 15.1 Å². The minimum atomic E-state index is -0.660. The Kier molecular flexibility index (Phi) is 5.19. The molecule has 0 fully saturated rings. The van der Waals surface area contributed by atoms with E-state index in [9.17, 15) is 9.59 Å². The van der Waals surface area contributed by atoms with E-state index in [-0.39, 0.29) is 11.5 Å². The average Bonchev–Trinajstić information content (AvgIpc) is 2.91. The molecule has 6 rings (SSSR count). The van der Waals surface area contributed by atoms with Crippen molar-refractivity contribution in [3.05, 3.63) is 119 Å². The maximum atomic E-state index is 14.1. The van der Waals surface area contributed by atoms with Crippen molar-refractivity contribution in [2.24, 2.45) is 0 Å². The van der Waals surface area contributed by atoms with Gasteiger partial charge in [-0.1, -0.05) is 78.5 Å². The Balaban J connectivity index is 1.72. The van der Waals surface area contributed by atoms with Gasteiger partial charge in [0.2, 0.25) is 5.16 Å². The van der Waals surface area contributed by atoms with E-state index in [1.165, 1.54) is 11.8 Å². The summed E-state index contributed by atoms with van der Waals surface area (Å²) >= 11 is 1.35. The Hall–Kier alpha value is -4.23. The number of hydrogen-bond acceptors (Lipinski definition) is 4. The molecule has 2 heterocycles. The minimum Gasteiger partial charge on any atom is -0.291 e. The van der Waals surface area contributed by atoms with Crippen LogP contribution in [0.3, 0.4) is 0 Å². The molecule has 4 aromatic carbocycles. The molecule has 0 radical (unpaired) electrons. The van der Waals surface area contributed by atoms with Gasteiger partial charge in [0.15, 0.2) is 0 Å². The molecule has 1 atom stereocenters. The zero-order chi connectivity index (χ0) is 23.9. The van der Waals surface area contributed by atoms with Gasteiger partial charge >= 0.3 is 11.3 Å². The van der Waals surface area contributed by atoms with Crippen LogP contribution in [0.25, 0.3) is 22.0 Å². The molecule has 35 heavy (non-hydrogen) atoms. The van der Waals surface area contributed by atoms with E-state index in [1.54, 1.807) is 9.58 Å². The highest BCUT2D eigenvalue weighted by Gasteiger charge is 2.46. The van der Waals surface area contributed by atoms with Crippen molar-refractivity contribution in [3.63, 3.8) is 0 Å². The highest BCUT2D eigenvalue weighted by atomic mass is 32.2. The van der Waals surface area contributed by atoms with Crippen molar-refractivity contribution in [1.29, 1.82) is 0 Å². The third-order valence-electron chi connectivity index (χ3n) is 6.29. The number of nitrogens with one attached hydrogen (secondary N) is 1. The number of fused-ring (bicyclic) bond motifs is 4. The van der Waals surface area contributed by atoms with Crippen molar-refractivity contribution in [3.8, 4) is 11.3 Å². The quantitative estimate of drug-likeness (QED) is 0.299. The summed E-state index contributed by atoms with van der Waals surface area (Å²) < 4.78 is 1.70. The van der Waals surface area contributed by atoms with Crippen molar-refractivity contribution < 1.29 is 9.48 Å². The maximum absolute atomic E-state index is 14.1. The number of para-hydroxylation sites is 1. The van der Waals surface area contributed by atoms with Gasteiger partial charge in [0.05, 0.1) is 16.8 Å². The summed E-state index contributed by atoms with van der Waals surface area (Å²) in [5.74, 6) is -0.165. The fourth-order valence-corrected chi connectivity index (χ4v) is 5.12. The van der Waals surface area contributed by atoms with Crippen LogP contribution in [0.15, 0.2) is 107 Å². The fourth-order valence-electron chi connectivity index (χ4n) is 4.76. The highest BCUT2D eigenvalue weighted by molar-refractivity contribution is 7.98. The number of hydrogen-bond donors (Lipinski definition) is 1. The van der Waals surface area contributed by atoms with Crippen molar-refractivity contribution in [2.75, 3.05) is 11.2 Å². The van der Waals surface area contributed by atoms with Crippen LogP contribution in [0.1, 0.15) is 22.1 Å². The molecule has 1 aliphatic heterocycles. The summed E-state index contributed by atoms with van der Waals surface area (Å²) in [7, 11) is 0. The first-order valence-corrected chi connectivity index (χ1v) is 12.5. The van der Waals surface area contributed by atoms with Gasteiger partial charge in [-0.25, -0.2) is 4.90 Å². The molecule has 0 aliphatic carbocycles. The summed E-state index contributed by atoms with van der Waals surface area (Å²) in [4.78, 5) is 32.1. The predicted molar refractivity (Wildman–Crippen MR) is 138 cm³/mol. The van der Waals surface area contributed by atoms with Crippen LogP contribution in [-0.4, -0.2) is 22.2 Å². The van der Waals surface area contributed by atoms with Gasteiger partial charge in [-0.3, -0.25) is 14.6 Å². The first-order valence-electron chi connectivity index (χ1n) is 11.2. The second-order valence-corrected chi connectivity index (χ2v) is 9.05. The van der Waals surface area contributed by atoms with Crippen LogP contribution in [0.4, 0.5) is 5.69 Å². The zero-order valence-corrected chi connectivity index (χ0v) is 19.7. The van der Waals surface area contributed by atoms with Crippen LogP contribution in [0.2, 0.25) is 0 Å². The molecule has 0 saturated carbocycles. The molecule has 170 valence electrons. The molecular formula is C28H21N4O2S+. The molecule has 1 N–H and O–H groups in total. The van der Waals surface area contributed by atoms with Gasteiger partial charge in [-0.05, 0) is 52.0 Å². The zero-order valence-electron chi connectivity index (χ0n) is 18.9. The van der Waals surface area contributed by atoms with Gasteiger partial charge in [-0.2, -0.15) is 0 Å². The number of thioether (sulfide) groups is 1. The lowest BCUT2D eigenvalue weighted by molar-refractivity contribution is -0.762. The molecular weight excluding hydrogens is 456 g/mol. The summed E-state index contributed by atoms with van der Waals surface area (Å²) in [6, 6.07) is 30.8. The summed E-state index contributed by atoms with van der Waals surface area (Å²) in [6.45, 7) is 0. The van der Waals surface area contributed by atoms with Crippen molar-refractivity contribution in [1.82, 2.24) is 10.1 Å². The molecule has 5 aromatic rings. The number of benzene rings is 4. The Morgan fingerprint density at radius 3 is 2.46 bits per heavy atom. The molecule has 6 nitrogen and oxygen atoms in total. The topological polar surface area (TPSA) is 69.9 Å². The summed E-state index contributed by atoms with van der Waals surface area (Å²) in [5, 5.41) is 7.34. The van der Waals surface area contributed by atoms with Crippen LogP contribution in [-0.2, 0) is 0 Å². The van der Waals surface area contributed by atoms with Crippen LogP contribution >= 0.6 is 11.8 Å². The predicted octanol–water partition coefficient (Wildman–Crippen LogP) is 4.81. The molecule has 7 heteroatoms. The first kappa shape index (κ1) is 21.3. The largest absolute Gasteiger partial charge is 0.325 e. The number of aromatic amines is 1. The van der Waals surface area contributed by atoms with Gasteiger partial charge in [0, 0.05) is 10.7 Å². The number of nitrogens with zero attached hydrogens (tertiary/aromatic N) is 3. The van der Waals surface area contributed by atoms with E-state index in [2.05, 4.69) is 4.98 Å². The number of anilines is 1. The second kappa shape index (κ2) is 8.52. The average molecular weight is 478 g/mol. The third-order valence-corrected chi connectivity index (χ3v) is 6.86. The Morgan fingerprint density at radius 1 is 0.914 bits per heavy atom. The molecule has 0 spiro atoms. The van der Waals surface area contributed by atoms with Gasteiger partial charge < -0.3 is 0 Å². The van der Waals surface area contributed by atoms with Gasteiger partial charge in [0.25, 0.3) is 12.1 Å². The number of amides is 1. The fraction of sp³-hybridized carbons (Fsp3) is 0.0714. The lowest BCUT2D eigenvalue weighted by Gasteiger charge is -2.32. The van der Waals surface area contributed by atoms with E-state index in [4.69, 9.17) is 5.10 Å². The Morgan fingerprint density at radius 2 is 1.63 bits per heavy atom. The number of H-pyrrole nitrogens is 1. The van der Waals surface area contributed by atoms with Crippen molar-refractivity contribution >= 4 is 34.1 Å². The van der Waals surface area contributed by atoms with E-state index >= 15 is 0 Å². The van der Waals surface area contributed by atoms with E-state index in [0.29, 0.717) is 27.7 Å². The van der Waals surface area contributed by atoms with Crippen LogP contribution in [0.5, 0.6) is 0 Å². The number of aromatic nitrogens is 3. The number of rotatable bonds is 3. The molecule has 1 unspecified atom stereocenters. The van der Waals surface area contributed by atoms with Crippen molar-refractivity contribution in [2.45, 2.75) is 11.3 Å². The smallest absolute Gasteiger partial charge is 0.291 e. The van der Waals surface area contributed by atoms with E-state index in [0.717, 1.165) is 16.3 Å². The van der Waals surface area contributed by atoms with Crippen LogP contribution in [0, 0.1) is 0 Å². The molecule has 0 saturated heterocycles. The van der Waals surface area contributed by atoms with E-state index in [1.807, 2.05) is 103 Å². The monoisotopic (exact) mass is 477 g/mol. The number of carbonyl (C=O) groups is 1. The normalized spacial score (nSPS) is 14.4. The molecule has 1 aliphatic rings.